The van der Waals surface area contributed by atoms with Crippen molar-refractivity contribution in [1.29, 1.82) is 0 Å². The summed E-state index contributed by atoms with van der Waals surface area (Å²) in [6.45, 7) is 1.30. The highest BCUT2D eigenvalue weighted by Crippen LogP contribution is 2.36. The van der Waals surface area contributed by atoms with E-state index in [1.54, 1.807) is 26.4 Å². The monoisotopic (exact) mass is 421 g/mol. The summed E-state index contributed by atoms with van der Waals surface area (Å²) in [5.41, 5.74) is 2.85. The van der Waals surface area contributed by atoms with Crippen molar-refractivity contribution in [3.05, 3.63) is 52.0 Å². The number of ether oxygens (including phenoxy) is 2. The SMILES string of the molecule is COc1cc(Br)c(NC(=O)NCc2cccc(CN(C)C)c2)cc1OC. The number of hydrogen-bond donors (Lipinski definition) is 2. The van der Waals surface area contributed by atoms with Gasteiger partial charge in [-0.2, -0.15) is 0 Å². The molecule has 140 valence electrons. The van der Waals surface area contributed by atoms with Crippen molar-refractivity contribution in [3.8, 4) is 11.5 Å². The fourth-order valence-electron chi connectivity index (χ4n) is 2.50. The first-order valence-corrected chi connectivity index (χ1v) is 8.91. The number of hydrogen-bond acceptors (Lipinski definition) is 4. The van der Waals surface area contributed by atoms with Gasteiger partial charge in [0.15, 0.2) is 11.5 Å². The number of benzene rings is 2. The van der Waals surface area contributed by atoms with Crippen LogP contribution in [0.3, 0.4) is 0 Å². The molecule has 0 fully saturated rings. The van der Waals surface area contributed by atoms with Gasteiger partial charge in [0.2, 0.25) is 0 Å². The van der Waals surface area contributed by atoms with E-state index < -0.39 is 0 Å². The van der Waals surface area contributed by atoms with Gasteiger partial charge in [-0.05, 0) is 41.2 Å². The third-order valence-electron chi connectivity index (χ3n) is 3.66. The van der Waals surface area contributed by atoms with Crippen LogP contribution in [-0.4, -0.2) is 39.2 Å². The summed E-state index contributed by atoms with van der Waals surface area (Å²) in [4.78, 5) is 14.3. The Bertz CT molecular complexity index is 766. The van der Waals surface area contributed by atoms with Crippen LogP contribution in [0.15, 0.2) is 40.9 Å². The Kier molecular flexibility index (Phi) is 7.29. The van der Waals surface area contributed by atoms with E-state index in [0.717, 1.165) is 12.1 Å². The number of carbonyl (C=O) groups is 1. The number of urea groups is 1. The third-order valence-corrected chi connectivity index (χ3v) is 4.32. The zero-order valence-electron chi connectivity index (χ0n) is 15.4. The molecule has 2 rings (SSSR count). The second kappa shape index (κ2) is 9.45. The van der Waals surface area contributed by atoms with Crippen LogP contribution in [0.2, 0.25) is 0 Å². The maximum Gasteiger partial charge on any atom is 0.319 e. The van der Waals surface area contributed by atoms with E-state index in [9.17, 15) is 4.79 Å². The minimum absolute atomic E-state index is 0.295. The molecule has 0 bridgehead atoms. The Morgan fingerprint density at radius 1 is 1.08 bits per heavy atom. The topological polar surface area (TPSA) is 62.8 Å². The third kappa shape index (κ3) is 5.64. The van der Waals surface area contributed by atoms with Gasteiger partial charge in [0.1, 0.15) is 0 Å². The summed E-state index contributed by atoms with van der Waals surface area (Å²) >= 11 is 3.43. The highest BCUT2D eigenvalue weighted by Gasteiger charge is 2.12. The van der Waals surface area contributed by atoms with E-state index in [1.165, 1.54) is 5.56 Å². The van der Waals surface area contributed by atoms with E-state index >= 15 is 0 Å². The Balaban J connectivity index is 1.99. The lowest BCUT2D eigenvalue weighted by Crippen LogP contribution is -2.28. The molecule has 26 heavy (non-hydrogen) atoms. The van der Waals surface area contributed by atoms with Crippen molar-refractivity contribution in [2.24, 2.45) is 0 Å². The van der Waals surface area contributed by atoms with Gasteiger partial charge in [-0.1, -0.05) is 24.3 Å². The lowest BCUT2D eigenvalue weighted by Gasteiger charge is -2.14. The molecule has 0 radical (unpaired) electrons. The first kappa shape index (κ1) is 20.1. The zero-order valence-corrected chi connectivity index (χ0v) is 17.0. The quantitative estimate of drug-likeness (QED) is 0.712. The van der Waals surface area contributed by atoms with Crippen LogP contribution in [0.25, 0.3) is 0 Å². The van der Waals surface area contributed by atoms with E-state index in [-0.39, 0.29) is 6.03 Å². The summed E-state index contributed by atoms with van der Waals surface area (Å²) in [7, 11) is 7.17. The molecule has 0 spiro atoms. The number of nitrogens with zero attached hydrogens (tertiary/aromatic N) is 1. The van der Waals surface area contributed by atoms with E-state index in [0.29, 0.717) is 28.2 Å². The minimum atomic E-state index is -0.295. The number of rotatable bonds is 7. The molecule has 2 aromatic rings. The van der Waals surface area contributed by atoms with Crippen molar-refractivity contribution < 1.29 is 14.3 Å². The highest BCUT2D eigenvalue weighted by atomic mass is 79.9. The molecule has 0 aliphatic carbocycles. The second-order valence-electron chi connectivity index (χ2n) is 6.05. The van der Waals surface area contributed by atoms with Crippen molar-refractivity contribution >= 4 is 27.6 Å². The molecule has 2 aromatic carbocycles. The van der Waals surface area contributed by atoms with Gasteiger partial charge in [0.25, 0.3) is 0 Å². The first-order chi connectivity index (χ1) is 12.4. The lowest BCUT2D eigenvalue weighted by atomic mass is 10.1. The van der Waals surface area contributed by atoms with E-state index in [1.807, 2.05) is 26.2 Å². The van der Waals surface area contributed by atoms with Crippen molar-refractivity contribution in [1.82, 2.24) is 10.2 Å². The Morgan fingerprint density at radius 2 is 1.73 bits per heavy atom. The predicted octanol–water partition coefficient (Wildman–Crippen LogP) is 3.85. The number of halogens is 1. The molecule has 2 N–H and O–H groups in total. The number of amides is 2. The summed E-state index contributed by atoms with van der Waals surface area (Å²) in [5.74, 6) is 1.13. The van der Waals surface area contributed by atoms with Crippen molar-refractivity contribution in [3.63, 3.8) is 0 Å². The number of carbonyl (C=O) groups excluding carboxylic acids is 1. The van der Waals surface area contributed by atoms with Gasteiger partial charge < -0.3 is 25.0 Å². The van der Waals surface area contributed by atoms with Crippen molar-refractivity contribution in [2.75, 3.05) is 33.6 Å². The summed E-state index contributed by atoms with van der Waals surface area (Å²) < 4.78 is 11.2. The molecule has 0 unspecified atom stereocenters. The first-order valence-electron chi connectivity index (χ1n) is 8.12. The molecule has 0 heterocycles. The standard InChI is InChI=1S/C19H24BrN3O3/c1-23(2)12-14-7-5-6-13(8-14)11-21-19(24)22-16-10-18(26-4)17(25-3)9-15(16)20/h5-10H,11-12H2,1-4H3,(H2,21,22,24). The molecular weight excluding hydrogens is 398 g/mol. The summed E-state index contributed by atoms with van der Waals surface area (Å²) in [6, 6.07) is 11.3. The molecule has 0 saturated carbocycles. The Hall–Kier alpha value is -2.25. The van der Waals surface area contributed by atoms with Crippen LogP contribution >= 0.6 is 15.9 Å². The maximum atomic E-state index is 12.2. The molecule has 7 heteroatoms. The Morgan fingerprint density at radius 3 is 2.38 bits per heavy atom. The summed E-state index contributed by atoms with van der Waals surface area (Å²) in [5, 5.41) is 5.68. The Labute approximate surface area is 162 Å². The lowest BCUT2D eigenvalue weighted by molar-refractivity contribution is 0.251. The predicted molar refractivity (Wildman–Crippen MR) is 107 cm³/mol. The van der Waals surface area contributed by atoms with Gasteiger partial charge in [-0.3, -0.25) is 0 Å². The molecule has 0 aliphatic heterocycles. The van der Waals surface area contributed by atoms with Crippen LogP contribution < -0.4 is 20.1 Å². The molecular formula is C19H24BrN3O3. The number of nitrogens with one attached hydrogen (secondary N) is 2. The highest BCUT2D eigenvalue weighted by molar-refractivity contribution is 9.10. The molecule has 6 nitrogen and oxygen atoms in total. The smallest absolute Gasteiger partial charge is 0.319 e. The molecule has 0 atom stereocenters. The van der Waals surface area contributed by atoms with Crippen LogP contribution in [0, 0.1) is 0 Å². The summed E-state index contributed by atoms with van der Waals surface area (Å²) in [6.07, 6.45) is 0. The van der Waals surface area contributed by atoms with Gasteiger partial charge in [0.05, 0.1) is 19.9 Å². The maximum absolute atomic E-state index is 12.2. The molecule has 0 aromatic heterocycles. The average Bonchev–Trinajstić information content (AvgIpc) is 2.61. The van der Waals surface area contributed by atoms with Gasteiger partial charge in [-0.25, -0.2) is 4.79 Å². The normalized spacial score (nSPS) is 10.5. The zero-order chi connectivity index (χ0) is 19.1. The van der Waals surface area contributed by atoms with Gasteiger partial charge >= 0.3 is 6.03 Å². The fraction of sp³-hybridized carbons (Fsp3) is 0.316. The average molecular weight is 422 g/mol. The number of methoxy groups -OCH3 is 2. The van der Waals surface area contributed by atoms with Crippen molar-refractivity contribution in [2.45, 2.75) is 13.1 Å². The fourth-order valence-corrected chi connectivity index (χ4v) is 2.92. The number of anilines is 1. The minimum Gasteiger partial charge on any atom is -0.493 e. The van der Waals surface area contributed by atoms with Gasteiger partial charge in [-0.15, -0.1) is 0 Å². The molecule has 2 amide bonds. The van der Waals surface area contributed by atoms with Crippen LogP contribution in [0.5, 0.6) is 11.5 Å². The largest absolute Gasteiger partial charge is 0.493 e. The second-order valence-corrected chi connectivity index (χ2v) is 6.91. The molecule has 0 aliphatic rings. The van der Waals surface area contributed by atoms with E-state index in [2.05, 4.69) is 43.6 Å². The van der Waals surface area contributed by atoms with Crippen LogP contribution in [-0.2, 0) is 13.1 Å². The van der Waals surface area contributed by atoms with E-state index in [4.69, 9.17) is 9.47 Å². The van der Waals surface area contributed by atoms with Crippen LogP contribution in [0.4, 0.5) is 10.5 Å². The van der Waals surface area contributed by atoms with Crippen LogP contribution in [0.1, 0.15) is 11.1 Å². The molecule has 0 saturated heterocycles. The van der Waals surface area contributed by atoms with Gasteiger partial charge in [0, 0.05) is 29.7 Å².